The zero-order valence-corrected chi connectivity index (χ0v) is 7.47. The Morgan fingerprint density at radius 1 is 1.36 bits per heavy atom. The van der Waals surface area contributed by atoms with Crippen LogP contribution in [0.3, 0.4) is 0 Å². The molecule has 0 saturated heterocycles. The Morgan fingerprint density at radius 3 is 2.86 bits per heavy atom. The Hall–Kier alpha value is -1.81. The lowest BCUT2D eigenvalue weighted by Gasteiger charge is -1.96. The Kier molecular flexibility index (Phi) is 2.20. The SMILES string of the molecule is NCc1ccc(-c2cncc(O)c2)o1. The third-order valence-electron chi connectivity index (χ3n) is 1.87. The van der Waals surface area contributed by atoms with Crippen molar-refractivity contribution in [3.63, 3.8) is 0 Å². The fraction of sp³-hybridized carbons (Fsp3) is 0.100. The molecule has 0 atom stereocenters. The molecule has 4 nitrogen and oxygen atoms in total. The second kappa shape index (κ2) is 3.51. The van der Waals surface area contributed by atoms with E-state index in [4.69, 9.17) is 10.2 Å². The lowest BCUT2D eigenvalue weighted by molar-refractivity contribution is 0.472. The highest BCUT2D eigenvalue weighted by Crippen LogP contribution is 2.23. The highest BCUT2D eigenvalue weighted by molar-refractivity contribution is 5.57. The molecule has 0 bridgehead atoms. The van der Waals surface area contributed by atoms with Crippen molar-refractivity contribution in [3.05, 3.63) is 36.4 Å². The van der Waals surface area contributed by atoms with Crippen LogP contribution >= 0.6 is 0 Å². The van der Waals surface area contributed by atoms with Crippen molar-refractivity contribution in [3.8, 4) is 17.1 Å². The first-order valence-electron chi connectivity index (χ1n) is 4.23. The van der Waals surface area contributed by atoms with Crippen LogP contribution in [0.15, 0.2) is 35.0 Å². The fourth-order valence-corrected chi connectivity index (χ4v) is 1.21. The third kappa shape index (κ3) is 1.60. The molecule has 0 fully saturated rings. The van der Waals surface area contributed by atoms with E-state index in [1.54, 1.807) is 24.4 Å². The molecule has 4 heteroatoms. The molecular weight excluding hydrogens is 180 g/mol. The third-order valence-corrected chi connectivity index (χ3v) is 1.87. The molecule has 2 aromatic heterocycles. The summed E-state index contributed by atoms with van der Waals surface area (Å²) in [5, 5.41) is 9.21. The van der Waals surface area contributed by atoms with Crippen molar-refractivity contribution in [1.29, 1.82) is 0 Å². The number of hydrogen-bond donors (Lipinski definition) is 2. The van der Waals surface area contributed by atoms with Crippen LogP contribution < -0.4 is 5.73 Å². The van der Waals surface area contributed by atoms with Crippen LogP contribution in [-0.4, -0.2) is 10.1 Å². The summed E-state index contributed by atoms with van der Waals surface area (Å²) in [6.45, 7) is 0.367. The maximum atomic E-state index is 9.21. The van der Waals surface area contributed by atoms with E-state index >= 15 is 0 Å². The van der Waals surface area contributed by atoms with Crippen LogP contribution in [0.1, 0.15) is 5.76 Å². The molecule has 0 amide bonds. The standard InChI is InChI=1S/C10H10N2O2/c11-4-9-1-2-10(14-9)7-3-8(13)6-12-5-7/h1-3,5-6,13H,4,11H2. The molecule has 0 aliphatic heterocycles. The van der Waals surface area contributed by atoms with Gasteiger partial charge in [0.15, 0.2) is 0 Å². The summed E-state index contributed by atoms with van der Waals surface area (Å²) in [6, 6.07) is 5.20. The van der Waals surface area contributed by atoms with Gasteiger partial charge in [-0.1, -0.05) is 0 Å². The quantitative estimate of drug-likeness (QED) is 0.752. The van der Waals surface area contributed by atoms with Crippen LogP contribution in [0.25, 0.3) is 11.3 Å². The number of nitrogens with two attached hydrogens (primary N) is 1. The van der Waals surface area contributed by atoms with Crippen LogP contribution in [0.4, 0.5) is 0 Å². The topological polar surface area (TPSA) is 72.3 Å². The number of aromatic hydroxyl groups is 1. The van der Waals surface area contributed by atoms with Gasteiger partial charge in [0, 0.05) is 11.8 Å². The summed E-state index contributed by atoms with van der Waals surface area (Å²) in [4.78, 5) is 3.85. The van der Waals surface area contributed by atoms with Gasteiger partial charge in [-0.3, -0.25) is 4.98 Å². The maximum Gasteiger partial charge on any atom is 0.136 e. The molecule has 3 N–H and O–H groups in total. The summed E-state index contributed by atoms with van der Waals surface area (Å²) >= 11 is 0. The van der Waals surface area contributed by atoms with E-state index < -0.39 is 0 Å². The fourth-order valence-electron chi connectivity index (χ4n) is 1.21. The van der Waals surface area contributed by atoms with Gasteiger partial charge in [0.1, 0.15) is 17.3 Å². The Morgan fingerprint density at radius 2 is 2.21 bits per heavy atom. The Balaban J connectivity index is 2.39. The minimum absolute atomic E-state index is 0.119. The number of rotatable bonds is 2. The summed E-state index contributed by atoms with van der Waals surface area (Å²) < 4.78 is 5.40. The van der Waals surface area contributed by atoms with E-state index in [1.165, 1.54) is 6.20 Å². The van der Waals surface area contributed by atoms with Crippen molar-refractivity contribution < 1.29 is 9.52 Å². The number of nitrogens with zero attached hydrogens (tertiary/aromatic N) is 1. The first kappa shape index (κ1) is 8.77. The van der Waals surface area contributed by atoms with Gasteiger partial charge in [-0.05, 0) is 18.2 Å². The second-order valence-corrected chi connectivity index (χ2v) is 2.90. The summed E-state index contributed by atoms with van der Waals surface area (Å²) in [5.74, 6) is 1.49. The van der Waals surface area contributed by atoms with E-state index in [1.807, 2.05) is 0 Å². The van der Waals surface area contributed by atoms with Crippen molar-refractivity contribution in [2.45, 2.75) is 6.54 Å². The van der Waals surface area contributed by atoms with E-state index in [2.05, 4.69) is 4.98 Å². The Labute approximate surface area is 81.0 Å². The molecule has 14 heavy (non-hydrogen) atoms. The molecule has 0 saturated carbocycles. The van der Waals surface area contributed by atoms with Crippen LogP contribution in [0.2, 0.25) is 0 Å². The molecule has 0 radical (unpaired) electrons. The van der Waals surface area contributed by atoms with E-state index in [0.717, 1.165) is 5.56 Å². The van der Waals surface area contributed by atoms with Crippen LogP contribution in [0, 0.1) is 0 Å². The normalized spacial score (nSPS) is 10.4. The average Bonchev–Trinajstić information content (AvgIpc) is 2.66. The van der Waals surface area contributed by atoms with Crippen molar-refractivity contribution in [1.82, 2.24) is 4.98 Å². The Bertz CT molecular complexity index is 437. The van der Waals surface area contributed by atoms with Crippen molar-refractivity contribution >= 4 is 0 Å². The molecule has 0 spiro atoms. The van der Waals surface area contributed by atoms with Gasteiger partial charge in [0.2, 0.25) is 0 Å². The highest BCUT2D eigenvalue weighted by atomic mass is 16.3. The minimum atomic E-state index is 0.119. The number of pyridine rings is 1. The number of aromatic nitrogens is 1. The summed E-state index contributed by atoms with van der Waals surface area (Å²) in [5.41, 5.74) is 6.15. The van der Waals surface area contributed by atoms with E-state index in [-0.39, 0.29) is 5.75 Å². The molecular formula is C10H10N2O2. The van der Waals surface area contributed by atoms with E-state index in [9.17, 15) is 5.11 Å². The largest absolute Gasteiger partial charge is 0.506 e. The molecule has 0 aliphatic carbocycles. The lowest BCUT2D eigenvalue weighted by Crippen LogP contribution is -1.92. The lowest BCUT2D eigenvalue weighted by atomic mass is 10.2. The monoisotopic (exact) mass is 190 g/mol. The molecule has 0 aromatic carbocycles. The number of hydrogen-bond acceptors (Lipinski definition) is 4. The summed E-state index contributed by atoms with van der Waals surface area (Å²) in [7, 11) is 0. The zero-order chi connectivity index (χ0) is 9.97. The molecule has 72 valence electrons. The van der Waals surface area contributed by atoms with Crippen molar-refractivity contribution in [2.75, 3.05) is 0 Å². The van der Waals surface area contributed by atoms with Gasteiger partial charge in [-0.25, -0.2) is 0 Å². The van der Waals surface area contributed by atoms with Crippen LogP contribution in [-0.2, 0) is 6.54 Å². The zero-order valence-electron chi connectivity index (χ0n) is 7.47. The number of furan rings is 1. The second-order valence-electron chi connectivity index (χ2n) is 2.90. The molecule has 2 aromatic rings. The van der Waals surface area contributed by atoms with Gasteiger partial charge < -0.3 is 15.3 Å². The average molecular weight is 190 g/mol. The van der Waals surface area contributed by atoms with Gasteiger partial charge in [0.25, 0.3) is 0 Å². The minimum Gasteiger partial charge on any atom is -0.506 e. The summed E-state index contributed by atoms with van der Waals surface area (Å²) in [6.07, 6.45) is 3.00. The molecule has 2 rings (SSSR count). The molecule has 0 unspecified atom stereocenters. The van der Waals surface area contributed by atoms with Gasteiger partial charge >= 0.3 is 0 Å². The molecule has 2 heterocycles. The van der Waals surface area contributed by atoms with Gasteiger partial charge in [0.05, 0.1) is 12.7 Å². The highest BCUT2D eigenvalue weighted by Gasteiger charge is 2.04. The first-order valence-corrected chi connectivity index (χ1v) is 4.23. The van der Waals surface area contributed by atoms with Gasteiger partial charge in [-0.2, -0.15) is 0 Å². The van der Waals surface area contributed by atoms with Gasteiger partial charge in [-0.15, -0.1) is 0 Å². The predicted octanol–water partition coefficient (Wildman–Crippen LogP) is 1.51. The van der Waals surface area contributed by atoms with Crippen molar-refractivity contribution in [2.24, 2.45) is 5.73 Å². The smallest absolute Gasteiger partial charge is 0.136 e. The van der Waals surface area contributed by atoms with E-state index in [0.29, 0.717) is 18.1 Å². The predicted molar refractivity (Wildman–Crippen MR) is 51.5 cm³/mol. The van der Waals surface area contributed by atoms with Crippen LogP contribution in [0.5, 0.6) is 5.75 Å². The first-order chi connectivity index (χ1) is 6.79. The maximum absolute atomic E-state index is 9.21. The molecule has 0 aliphatic rings.